The molecule has 0 atom stereocenters. The minimum Gasteiger partial charge on any atom is -0.264 e. The van der Waals surface area contributed by atoms with Crippen molar-refractivity contribution in [2.45, 2.75) is 26.4 Å². The van der Waals surface area contributed by atoms with Gasteiger partial charge in [0.2, 0.25) is 0 Å². The van der Waals surface area contributed by atoms with Crippen molar-refractivity contribution in [3.8, 4) is 0 Å². The molecule has 0 unspecified atom stereocenters. The molecule has 0 heterocycles. The molecule has 0 bridgehead atoms. The van der Waals surface area contributed by atoms with Crippen LogP contribution in [0.4, 0.5) is 0 Å². The number of carbonyl (C=O) groups is 1. The van der Waals surface area contributed by atoms with Crippen LogP contribution in [0, 0.1) is 0 Å². The van der Waals surface area contributed by atoms with E-state index in [9.17, 15) is 4.79 Å². The van der Waals surface area contributed by atoms with Crippen LogP contribution in [0.2, 0.25) is 0 Å². The first-order valence-corrected chi connectivity index (χ1v) is 7.68. The molecule has 22 heavy (non-hydrogen) atoms. The molecule has 3 nitrogen and oxygen atoms in total. The summed E-state index contributed by atoms with van der Waals surface area (Å²) >= 11 is 0. The SMILES string of the molecule is CC(C)N(C(=O)c1ccccc1)[N+](C)(C)Cc1ccccc1. The standard InChI is InChI=1S/C19H25N2O/c1-16(2)20(19(22)18-13-9-6-10-14-18)21(3,4)15-17-11-7-5-8-12-17/h5-14,16H,15H2,1-4H3/q+1. The first-order chi connectivity index (χ1) is 10.4. The van der Waals surface area contributed by atoms with Crippen molar-refractivity contribution >= 4 is 5.91 Å². The minimum absolute atomic E-state index is 0.0662. The van der Waals surface area contributed by atoms with Crippen LogP contribution < -0.4 is 0 Å². The zero-order valence-corrected chi connectivity index (χ0v) is 13.9. The zero-order chi connectivity index (χ0) is 16.2. The summed E-state index contributed by atoms with van der Waals surface area (Å²) in [7, 11) is 4.15. The molecular weight excluding hydrogens is 272 g/mol. The van der Waals surface area contributed by atoms with Gasteiger partial charge in [-0.25, -0.2) is 4.59 Å². The lowest BCUT2D eigenvalue weighted by Gasteiger charge is -2.42. The molecule has 0 radical (unpaired) electrons. The van der Waals surface area contributed by atoms with Crippen molar-refractivity contribution in [2.24, 2.45) is 0 Å². The second kappa shape index (κ2) is 6.75. The summed E-state index contributed by atoms with van der Waals surface area (Å²) in [6.45, 7) is 4.90. The Morgan fingerprint density at radius 3 is 1.95 bits per heavy atom. The molecule has 0 aromatic heterocycles. The Balaban J connectivity index is 2.28. The van der Waals surface area contributed by atoms with Gasteiger partial charge in [-0.1, -0.05) is 48.5 Å². The molecule has 0 saturated heterocycles. The highest BCUT2D eigenvalue weighted by atomic mass is 16.2. The number of carbonyl (C=O) groups excluding carboxylic acids is 1. The molecule has 3 heteroatoms. The van der Waals surface area contributed by atoms with Gasteiger partial charge in [-0.2, -0.15) is 5.01 Å². The molecule has 1 amide bonds. The Labute approximate surface area is 133 Å². The van der Waals surface area contributed by atoms with Gasteiger partial charge in [0.1, 0.15) is 6.54 Å². The number of hydrogen-bond donors (Lipinski definition) is 0. The van der Waals surface area contributed by atoms with Gasteiger partial charge >= 0.3 is 0 Å². The molecule has 0 aliphatic carbocycles. The third-order valence-corrected chi connectivity index (χ3v) is 3.71. The highest BCUT2D eigenvalue weighted by Gasteiger charge is 2.34. The number of benzene rings is 2. The first kappa shape index (κ1) is 16.2. The van der Waals surface area contributed by atoms with Crippen LogP contribution in [0.3, 0.4) is 0 Å². The van der Waals surface area contributed by atoms with Crippen molar-refractivity contribution in [3.05, 3.63) is 71.8 Å². The molecule has 0 fully saturated rings. The lowest BCUT2D eigenvalue weighted by atomic mass is 10.1. The van der Waals surface area contributed by atoms with Crippen LogP contribution in [0.1, 0.15) is 29.8 Å². The molecule has 2 aromatic carbocycles. The molecule has 0 aliphatic heterocycles. The van der Waals surface area contributed by atoms with Crippen LogP contribution >= 0.6 is 0 Å². The van der Waals surface area contributed by atoms with Crippen molar-refractivity contribution < 1.29 is 9.39 Å². The maximum Gasteiger partial charge on any atom is 0.298 e. The molecule has 0 saturated carbocycles. The van der Waals surface area contributed by atoms with Gasteiger partial charge in [0.05, 0.1) is 20.1 Å². The van der Waals surface area contributed by atoms with E-state index >= 15 is 0 Å². The lowest BCUT2D eigenvalue weighted by Crippen LogP contribution is -2.59. The van der Waals surface area contributed by atoms with E-state index in [2.05, 4.69) is 40.1 Å². The lowest BCUT2D eigenvalue weighted by molar-refractivity contribution is -1.00. The number of hydrogen-bond acceptors (Lipinski definition) is 1. The summed E-state index contributed by atoms with van der Waals surface area (Å²) in [4.78, 5) is 12.9. The number of quaternary nitrogens is 1. The van der Waals surface area contributed by atoms with Gasteiger partial charge in [0.15, 0.2) is 0 Å². The van der Waals surface area contributed by atoms with Crippen molar-refractivity contribution in [1.82, 2.24) is 5.01 Å². The molecule has 116 valence electrons. The van der Waals surface area contributed by atoms with Gasteiger partial charge in [-0.3, -0.25) is 4.79 Å². The quantitative estimate of drug-likeness (QED) is 0.608. The largest absolute Gasteiger partial charge is 0.298 e. The Kier molecular flexibility index (Phi) is 4.99. The molecule has 2 rings (SSSR count). The average molecular weight is 297 g/mol. The summed E-state index contributed by atoms with van der Waals surface area (Å²) in [5, 5.41) is 1.93. The summed E-state index contributed by atoms with van der Waals surface area (Å²) in [6.07, 6.45) is 0. The van der Waals surface area contributed by atoms with Crippen molar-refractivity contribution in [3.63, 3.8) is 0 Å². The molecule has 0 N–H and O–H groups in total. The summed E-state index contributed by atoms with van der Waals surface area (Å²) in [6, 6.07) is 19.9. The fourth-order valence-corrected chi connectivity index (χ4v) is 2.92. The van der Waals surface area contributed by atoms with Crippen LogP contribution in [-0.4, -0.2) is 35.6 Å². The van der Waals surface area contributed by atoms with E-state index in [4.69, 9.17) is 0 Å². The highest BCUT2D eigenvalue weighted by Crippen LogP contribution is 2.19. The Morgan fingerprint density at radius 1 is 0.955 bits per heavy atom. The smallest absolute Gasteiger partial charge is 0.264 e. The average Bonchev–Trinajstić information content (AvgIpc) is 2.48. The van der Waals surface area contributed by atoms with Crippen LogP contribution in [0.25, 0.3) is 0 Å². The monoisotopic (exact) mass is 297 g/mol. The number of amides is 1. The fraction of sp³-hybridized carbons (Fsp3) is 0.316. The highest BCUT2D eigenvalue weighted by molar-refractivity contribution is 5.93. The van der Waals surface area contributed by atoms with Gasteiger partial charge < -0.3 is 0 Å². The second-order valence-electron chi connectivity index (χ2n) is 6.37. The number of rotatable bonds is 5. The topological polar surface area (TPSA) is 20.3 Å². The van der Waals surface area contributed by atoms with Gasteiger partial charge in [0, 0.05) is 11.1 Å². The zero-order valence-electron chi connectivity index (χ0n) is 13.9. The second-order valence-corrected chi connectivity index (χ2v) is 6.37. The van der Waals surface area contributed by atoms with Gasteiger partial charge in [-0.05, 0) is 26.0 Å². The molecule has 0 aliphatic rings. The molecule has 2 aromatic rings. The van der Waals surface area contributed by atoms with Gasteiger partial charge in [-0.15, -0.1) is 0 Å². The molecule has 0 spiro atoms. The third kappa shape index (κ3) is 3.74. The maximum atomic E-state index is 12.9. The van der Waals surface area contributed by atoms with E-state index in [0.29, 0.717) is 4.59 Å². The van der Waals surface area contributed by atoms with E-state index in [-0.39, 0.29) is 11.9 Å². The van der Waals surface area contributed by atoms with Crippen LogP contribution in [-0.2, 0) is 6.54 Å². The third-order valence-electron chi connectivity index (χ3n) is 3.71. The van der Waals surface area contributed by atoms with E-state index in [1.54, 1.807) is 0 Å². The normalized spacial score (nSPS) is 11.5. The van der Waals surface area contributed by atoms with E-state index in [1.807, 2.05) is 53.5 Å². The fourth-order valence-electron chi connectivity index (χ4n) is 2.92. The summed E-state index contributed by atoms with van der Waals surface area (Å²) < 4.78 is 0.495. The summed E-state index contributed by atoms with van der Waals surface area (Å²) in [5.41, 5.74) is 1.95. The van der Waals surface area contributed by atoms with E-state index in [0.717, 1.165) is 12.1 Å². The van der Waals surface area contributed by atoms with E-state index in [1.165, 1.54) is 5.56 Å². The predicted octanol–water partition coefficient (Wildman–Crippen LogP) is 3.73. The van der Waals surface area contributed by atoms with Crippen molar-refractivity contribution in [2.75, 3.05) is 14.1 Å². The Bertz CT molecular complexity index is 606. The van der Waals surface area contributed by atoms with Crippen molar-refractivity contribution in [1.29, 1.82) is 0 Å². The predicted molar refractivity (Wildman–Crippen MR) is 90.0 cm³/mol. The summed E-state index contributed by atoms with van der Waals surface area (Å²) in [5.74, 6) is 0.0662. The molecular formula is C19H25N2O+. The van der Waals surface area contributed by atoms with Crippen LogP contribution in [0.15, 0.2) is 60.7 Å². The van der Waals surface area contributed by atoms with E-state index < -0.39 is 0 Å². The van der Waals surface area contributed by atoms with Gasteiger partial charge in [0.25, 0.3) is 5.91 Å². The maximum absolute atomic E-state index is 12.9. The Hall–Kier alpha value is -2.13. The Morgan fingerprint density at radius 2 is 1.45 bits per heavy atom. The van der Waals surface area contributed by atoms with Crippen LogP contribution in [0.5, 0.6) is 0 Å². The minimum atomic E-state index is 0.0662. The number of nitrogens with zero attached hydrogens (tertiary/aromatic N) is 2. The first-order valence-electron chi connectivity index (χ1n) is 7.68.